The van der Waals surface area contributed by atoms with Crippen LogP contribution in [0.2, 0.25) is 0 Å². The summed E-state index contributed by atoms with van der Waals surface area (Å²) in [5.41, 5.74) is 0.406. The zero-order valence-electron chi connectivity index (χ0n) is 9.28. The molecule has 4 heteroatoms. The first-order valence-corrected chi connectivity index (χ1v) is 5.13. The van der Waals surface area contributed by atoms with Crippen LogP contribution in [-0.4, -0.2) is 23.3 Å². The Kier molecular flexibility index (Phi) is 2.30. The number of phenols is 1. The third-order valence-corrected chi connectivity index (χ3v) is 3.21. The Morgan fingerprint density at radius 2 is 2.06 bits per heavy atom. The van der Waals surface area contributed by atoms with Gasteiger partial charge in [-0.25, -0.2) is 0 Å². The van der Waals surface area contributed by atoms with Crippen molar-refractivity contribution < 1.29 is 19.7 Å². The van der Waals surface area contributed by atoms with Crippen LogP contribution in [0.4, 0.5) is 0 Å². The van der Waals surface area contributed by atoms with E-state index in [-0.39, 0.29) is 5.75 Å². The Bertz CT molecular complexity index is 447. The Labute approximate surface area is 93.5 Å². The van der Waals surface area contributed by atoms with Crippen molar-refractivity contribution in [2.75, 3.05) is 7.11 Å². The molecule has 1 fully saturated rings. The summed E-state index contributed by atoms with van der Waals surface area (Å²) in [5.74, 6) is -0.526. The van der Waals surface area contributed by atoms with Crippen molar-refractivity contribution in [3.63, 3.8) is 0 Å². The first-order chi connectivity index (χ1) is 7.53. The van der Waals surface area contributed by atoms with Crippen molar-refractivity contribution in [2.45, 2.75) is 25.2 Å². The second-order valence-electron chi connectivity index (χ2n) is 4.20. The van der Waals surface area contributed by atoms with E-state index in [1.54, 1.807) is 19.1 Å². The number of hydrogen-bond donors (Lipinski definition) is 2. The van der Waals surface area contributed by atoms with Gasteiger partial charge in [0.05, 0.1) is 12.5 Å². The van der Waals surface area contributed by atoms with Gasteiger partial charge in [-0.05, 0) is 25.3 Å². The molecule has 0 radical (unpaired) electrons. The normalized spacial score (nSPS) is 16.9. The average molecular weight is 222 g/mol. The molecular formula is C12H14O4. The van der Waals surface area contributed by atoms with Gasteiger partial charge in [0.25, 0.3) is 0 Å². The molecule has 2 N–H and O–H groups in total. The molecule has 0 atom stereocenters. The highest BCUT2D eigenvalue weighted by Crippen LogP contribution is 2.53. The number of hydrogen-bond acceptors (Lipinski definition) is 3. The van der Waals surface area contributed by atoms with Crippen molar-refractivity contribution >= 4 is 5.97 Å². The number of aliphatic carboxylic acids is 1. The molecule has 1 aromatic rings. The maximum absolute atomic E-state index is 11.2. The molecule has 0 heterocycles. The molecule has 1 aliphatic rings. The van der Waals surface area contributed by atoms with Gasteiger partial charge in [-0.2, -0.15) is 0 Å². The van der Waals surface area contributed by atoms with Gasteiger partial charge in [-0.3, -0.25) is 4.79 Å². The number of aromatic hydroxyl groups is 1. The average Bonchev–Trinajstić information content (AvgIpc) is 3.02. The SMILES string of the molecule is COc1c(C2(C(=O)O)CC2)ccc(C)c1O. The third kappa shape index (κ3) is 1.33. The van der Waals surface area contributed by atoms with Crippen molar-refractivity contribution in [2.24, 2.45) is 0 Å². The van der Waals surface area contributed by atoms with Gasteiger partial charge in [-0.1, -0.05) is 12.1 Å². The number of benzene rings is 1. The molecule has 0 unspecified atom stereocenters. The second-order valence-corrected chi connectivity index (χ2v) is 4.20. The summed E-state index contributed by atoms with van der Waals surface area (Å²) in [6.45, 7) is 1.75. The molecule has 16 heavy (non-hydrogen) atoms. The van der Waals surface area contributed by atoms with Gasteiger partial charge in [0.2, 0.25) is 0 Å². The minimum Gasteiger partial charge on any atom is -0.504 e. The summed E-state index contributed by atoms with van der Waals surface area (Å²) >= 11 is 0. The van der Waals surface area contributed by atoms with Crippen LogP contribution in [0.5, 0.6) is 11.5 Å². The van der Waals surface area contributed by atoms with Gasteiger partial charge in [0.1, 0.15) is 0 Å². The number of methoxy groups -OCH3 is 1. The van der Waals surface area contributed by atoms with E-state index in [9.17, 15) is 15.0 Å². The molecule has 0 amide bonds. The van der Waals surface area contributed by atoms with E-state index in [0.717, 1.165) is 0 Å². The first kappa shape index (κ1) is 10.8. The number of aryl methyl sites for hydroxylation is 1. The highest BCUT2D eigenvalue weighted by Gasteiger charge is 2.53. The Morgan fingerprint density at radius 3 is 2.50 bits per heavy atom. The number of carbonyl (C=O) groups is 1. The van der Waals surface area contributed by atoms with Crippen LogP contribution in [-0.2, 0) is 10.2 Å². The van der Waals surface area contributed by atoms with Crippen molar-refractivity contribution in [1.82, 2.24) is 0 Å². The lowest BCUT2D eigenvalue weighted by atomic mass is 9.93. The Balaban J connectivity index is 2.58. The fourth-order valence-corrected chi connectivity index (χ4v) is 1.98. The first-order valence-electron chi connectivity index (χ1n) is 5.13. The van der Waals surface area contributed by atoms with Gasteiger partial charge in [-0.15, -0.1) is 0 Å². The lowest BCUT2D eigenvalue weighted by molar-refractivity contribution is -0.140. The highest BCUT2D eigenvalue weighted by atomic mass is 16.5. The highest BCUT2D eigenvalue weighted by molar-refractivity contribution is 5.86. The minimum atomic E-state index is -0.853. The number of carboxylic acids is 1. The van der Waals surface area contributed by atoms with Crippen LogP contribution in [0.1, 0.15) is 24.0 Å². The van der Waals surface area contributed by atoms with Gasteiger partial charge >= 0.3 is 5.97 Å². The molecule has 4 nitrogen and oxygen atoms in total. The monoisotopic (exact) mass is 222 g/mol. The largest absolute Gasteiger partial charge is 0.504 e. The molecule has 2 rings (SSSR count). The standard InChI is InChI=1S/C12H14O4/c1-7-3-4-8(10(16-2)9(7)13)12(5-6-12)11(14)15/h3-4,13H,5-6H2,1-2H3,(H,14,15). The van der Waals surface area contributed by atoms with E-state index in [4.69, 9.17) is 4.74 Å². The summed E-state index contributed by atoms with van der Waals surface area (Å²) in [4.78, 5) is 11.2. The summed E-state index contributed by atoms with van der Waals surface area (Å²) in [7, 11) is 1.44. The minimum absolute atomic E-state index is 0.0347. The number of ether oxygens (including phenoxy) is 1. The van der Waals surface area contributed by atoms with E-state index in [0.29, 0.717) is 29.7 Å². The predicted molar refractivity (Wildman–Crippen MR) is 57.9 cm³/mol. The van der Waals surface area contributed by atoms with Crippen molar-refractivity contribution in [3.05, 3.63) is 23.3 Å². The van der Waals surface area contributed by atoms with Gasteiger partial charge < -0.3 is 14.9 Å². The number of rotatable bonds is 3. The van der Waals surface area contributed by atoms with E-state index in [1.165, 1.54) is 7.11 Å². The zero-order chi connectivity index (χ0) is 11.9. The topological polar surface area (TPSA) is 66.8 Å². The number of carboxylic acid groups (broad SMARTS) is 1. The van der Waals surface area contributed by atoms with Gasteiger partial charge in [0.15, 0.2) is 11.5 Å². The molecule has 1 aliphatic carbocycles. The summed E-state index contributed by atoms with van der Waals surface area (Å²) in [6.07, 6.45) is 1.20. The smallest absolute Gasteiger partial charge is 0.314 e. The lowest BCUT2D eigenvalue weighted by Gasteiger charge is -2.16. The van der Waals surface area contributed by atoms with Gasteiger partial charge in [0, 0.05) is 5.56 Å². The van der Waals surface area contributed by atoms with Crippen LogP contribution in [0.15, 0.2) is 12.1 Å². The van der Waals surface area contributed by atoms with Crippen molar-refractivity contribution in [3.8, 4) is 11.5 Å². The second kappa shape index (κ2) is 3.40. The molecule has 0 aliphatic heterocycles. The Hall–Kier alpha value is -1.71. The Morgan fingerprint density at radius 1 is 1.44 bits per heavy atom. The molecule has 0 saturated heterocycles. The predicted octanol–water partition coefficient (Wildman–Crippen LogP) is 1.83. The van der Waals surface area contributed by atoms with Crippen LogP contribution in [0, 0.1) is 6.92 Å². The summed E-state index contributed by atoms with van der Waals surface area (Å²) in [6, 6.07) is 3.45. The van der Waals surface area contributed by atoms with Crippen LogP contribution in [0.25, 0.3) is 0 Å². The van der Waals surface area contributed by atoms with E-state index in [1.807, 2.05) is 0 Å². The van der Waals surface area contributed by atoms with Crippen LogP contribution < -0.4 is 4.74 Å². The molecule has 0 aromatic heterocycles. The molecule has 0 bridgehead atoms. The van der Waals surface area contributed by atoms with E-state index < -0.39 is 11.4 Å². The maximum Gasteiger partial charge on any atom is 0.314 e. The van der Waals surface area contributed by atoms with Crippen LogP contribution in [0.3, 0.4) is 0 Å². The fourth-order valence-electron chi connectivity index (χ4n) is 1.98. The van der Waals surface area contributed by atoms with Crippen molar-refractivity contribution in [1.29, 1.82) is 0 Å². The molecule has 1 aromatic carbocycles. The molecule has 1 saturated carbocycles. The fraction of sp³-hybridized carbons (Fsp3) is 0.417. The lowest BCUT2D eigenvalue weighted by Crippen LogP contribution is -2.20. The van der Waals surface area contributed by atoms with E-state index >= 15 is 0 Å². The number of phenolic OH excluding ortho intramolecular Hbond substituents is 1. The summed E-state index contributed by atoms with van der Waals surface area (Å²) in [5, 5.41) is 19.0. The molecule has 0 spiro atoms. The maximum atomic E-state index is 11.2. The quantitative estimate of drug-likeness (QED) is 0.818. The zero-order valence-corrected chi connectivity index (χ0v) is 9.28. The summed E-state index contributed by atoms with van der Waals surface area (Å²) < 4.78 is 5.12. The molecule has 86 valence electrons. The van der Waals surface area contributed by atoms with E-state index in [2.05, 4.69) is 0 Å². The molecular weight excluding hydrogens is 208 g/mol. The van der Waals surface area contributed by atoms with Crippen LogP contribution >= 0.6 is 0 Å². The third-order valence-electron chi connectivity index (χ3n) is 3.21.